The Morgan fingerprint density at radius 2 is 2.27 bits per heavy atom. The summed E-state index contributed by atoms with van der Waals surface area (Å²) >= 11 is 0. The van der Waals surface area contributed by atoms with E-state index in [0.29, 0.717) is 35.4 Å². The van der Waals surface area contributed by atoms with E-state index in [1.165, 1.54) is 7.11 Å². The third kappa shape index (κ3) is 2.89. The Bertz CT molecular complexity index is 722. The number of hydrogen-bond acceptors (Lipinski definition) is 6. The molecule has 2 aromatic heterocycles. The highest BCUT2D eigenvalue weighted by atomic mass is 16.5. The molecule has 0 unspecified atom stereocenters. The molecule has 0 saturated carbocycles. The number of ether oxygens (including phenoxy) is 1. The molecular weight excluding hydrogens is 284 g/mol. The van der Waals surface area contributed by atoms with Gasteiger partial charge in [0.15, 0.2) is 0 Å². The number of fused-ring (bicyclic) bond motifs is 1. The van der Waals surface area contributed by atoms with Crippen molar-refractivity contribution in [1.82, 2.24) is 15.3 Å². The molecule has 1 amide bonds. The number of rotatable bonds is 3. The van der Waals surface area contributed by atoms with Gasteiger partial charge in [-0.2, -0.15) is 0 Å². The van der Waals surface area contributed by atoms with Crippen molar-refractivity contribution in [3.8, 4) is 5.88 Å². The van der Waals surface area contributed by atoms with E-state index in [-0.39, 0.29) is 24.3 Å². The number of ketones is 1. The highest BCUT2D eigenvalue weighted by Crippen LogP contribution is 2.22. The molecular formula is C15H16N4O3. The predicted octanol–water partition coefficient (Wildman–Crippen LogP) is 0.898. The molecule has 3 rings (SSSR count). The Morgan fingerprint density at radius 3 is 3.00 bits per heavy atom. The van der Waals surface area contributed by atoms with Crippen molar-refractivity contribution in [2.75, 3.05) is 19.0 Å². The zero-order valence-electron chi connectivity index (χ0n) is 12.1. The summed E-state index contributed by atoms with van der Waals surface area (Å²) in [6, 6.07) is 4.83. The molecule has 1 fully saturated rings. The Morgan fingerprint density at radius 1 is 1.41 bits per heavy atom. The number of anilines is 1. The second-order valence-electron chi connectivity index (χ2n) is 5.08. The fourth-order valence-corrected chi connectivity index (χ4v) is 2.40. The lowest BCUT2D eigenvalue weighted by Gasteiger charge is -2.22. The lowest BCUT2D eigenvalue weighted by Crippen LogP contribution is -2.46. The maximum Gasteiger partial charge on any atom is 0.241 e. The molecule has 0 radical (unpaired) electrons. The Balaban J connectivity index is 1.83. The fourth-order valence-electron chi connectivity index (χ4n) is 2.40. The molecule has 22 heavy (non-hydrogen) atoms. The predicted molar refractivity (Wildman–Crippen MR) is 80.8 cm³/mol. The first-order valence-corrected chi connectivity index (χ1v) is 7.03. The summed E-state index contributed by atoms with van der Waals surface area (Å²) in [5.74, 6) is 0.409. The van der Waals surface area contributed by atoms with Gasteiger partial charge in [0.2, 0.25) is 11.8 Å². The maximum absolute atomic E-state index is 12.3. The molecule has 2 aromatic rings. The molecule has 0 spiro atoms. The molecule has 7 nitrogen and oxygen atoms in total. The molecule has 3 heterocycles. The van der Waals surface area contributed by atoms with E-state index in [1.54, 1.807) is 24.4 Å². The van der Waals surface area contributed by atoms with Gasteiger partial charge in [-0.15, -0.1) is 0 Å². The quantitative estimate of drug-likeness (QED) is 0.874. The van der Waals surface area contributed by atoms with E-state index in [0.717, 1.165) is 0 Å². The van der Waals surface area contributed by atoms with Crippen LogP contribution in [0.25, 0.3) is 11.0 Å². The summed E-state index contributed by atoms with van der Waals surface area (Å²) in [4.78, 5) is 32.1. The number of carbonyl (C=O) groups excluding carboxylic acids is 2. The van der Waals surface area contributed by atoms with Crippen molar-refractivity contribution >= 4 is 28.4 Å². The monoisotopic (exact) mass is 300 g/mol. The highest BCUT2D eigenvalue weighted by Gasteiger charge is 2.24. The topological polar surface area (TPSA) is 93.2 Å². The standard InChI is InChI=1S/C15H16N4O3/c1-22-13-5-4-10-14(19-13)11(6-7-16-10)18-15(21)12-3-2-9(20)8-17-12/h4-7,12,17H,2-3,8H2,1H3,(H,16,18,21)/t12-/m0/s1. The van der Waals surface area contributed by atoms with E-state index in [4.69, 9.17) is 4.74 Å². The average molecular weight is 300 g/mol. The molecule has 1 atom stereocenters. The Kier molecular flexibility index (Phi) is 3.97. The van der Waals surface area contributed by atoms with Gasteiger partial charge in [0.1, 0.15) is 11.3 Å². The zero-order chi connectivity index (χ0) is 15.5. The smallest absolute Gasteiger partial charge is 0.241 e. The van der Waals surface area contributed by atoms with Gasteiger partial charge in [-0.1, -0.05) is 0 Å². The minimum atomic E-state index is -0.369. The number of pyridine rings is 2. The highest BCUT2D eigenvalue weighted by molar-refractivity contribution is 6.02. The molecule has 0 bridgehead atoms. The van der Waals surface area contributed by atoms with Crippen molar-refractivity contribution in [1.29, 1.82) is 0 Å². The summed E-state index contributed by atoms with van der Waals surface area (Å²) in [5.41, 5.74) is 1.82. The minimum absolute atomic E-state index is 0.129. The van der Waals surface area contributed by atoms with Gasteiger partial charge < -0.3 is 10.1 Å². The van der Waals surface area contributed by atoms with Gasteiger partial charge >= 0.3 is 0 Å². The summed E-state index contributed by atoms with van der Waals surface area (Å²) in [7, 11) is 1.53. The number of piperidine rings is 1. The third-order valence-electron chi connectivity index (χ3n) is 3.60. The van der Waals surface area contributed by atoms with Crippen molar-refractivity contribution in [3.63, 3.8) is 0 Å². The van der Waals surface area contributed by atoms with Crippen molar-refractivity contribution in [2.24, 2.45) is 0 Å². The van der Waals surface area contributed by atoms with Crippen LogP contribution in [0.2, 0.25) is 0 Å². The van der Waals surface area contributed by atoms with E-state index in [1.807, 2.05) is 0 Å². The first-order valence-electron chi connectivity index (χ1n) is 7.03. The van der Waals surface area contributed by atoms with Gasteiger partial charge in [0.05, 0.1) is 30.9 Å². The first-order chi connectivity index (χ1) is 10.7. The van der Waals surface area contributed by atoms with Crippen LogP contribution in [0, 0.1) is 0 Å². The van der Waals surface area contributed by atoms with Crippen molar-refractivity contribution < 1.29 is 14.3 Å². The molecule has 1 aliphatic heterocycles. The van der Waals surface area contributed by atoms with Crippen LogP contribution in [0.15, 0.2) is 24.4 Å². The second-order valence-corrected chi connectivity index (χ2v) is 5.08. The lowest BCUT2D eigenvalue weighted by atomic mass is 10.0. The van der Waals surface area contributed by atoms with Crippen LogP contribution in [0.4, 0.5) is 5.69 Å². The number of aromatic nitrogens is 2. The molecule has 0 aliphatic carbocycles. The van der Waals surface area contributed by atoms with Gasteiger partial charge in [-0.25, -0.2) is 4.98 Å². The molecule has 1 aliphatic rings. The van der Waals surface area contributed by atoms with Crippen LogP contribution in [0.3, 0.4) is 0 Å². The number of methoxy groups -OCH3 is 1. The minimum Gasteiger partial charge on any atom is -0.481 e. The molecule has 114 valence electrons. The number of Topliss-reactive ketones (excluding diaryl/α,β-unsaturated/α-hetero) is 1. The Hall–Kier alpha value is -2.54. The lowest BCUT2D eigenvalue weighted by molar-refractivity contribution is -0.123. The van der Waals surface area contributed by atoms with Crippen LogP contribution in [0.1, 0.15) is 12.8 Å². The molecule has 1 saturated heterocycles. The van der Waals surface area contributed by atoms with E-state index < -0.39 is 0 Å². The maximum atomic E-state index is 12.3. The van der Waals surface area contributed by atoms with Crippen molar-refractivity contribution in [2.45, 2.75) is 18.9 Å². The van der Waals surface area contributed by atoms with Gasteiger partial charge in [0.25, 0.3) is 0 Å². The second kappa shape index (κ2) is 6.07. The fraction of sp³-hybridized carbons (Fsp3) is 0.333. The van der Waals surface area contributed by atoms with Crippen LogP contribution in [-0.2, 0) is 9.59 Å². The van der Waals surface area contributed by atoms with E-state index >= 15 is 0 Å². The number of nitrogens with zero attached hydrogens (tertiary/aromatic N) is 2. The normalized spacial score (nSPS) is 18.2. The van der Waals surface area contributed by atoms with E-state index in [9.17, 15) is 9.59 Å². The number of carbonyl (C=O) groups is 2. The number of amides is 1. The summed E-state index contributed by atoms with van der Waals surface area (Å²) in [6.45, 7) is 0.237. The first kappa shape index (κ1) is 14.4. The van der Waals surface area contributed by atoms with Crippen LogP contribution in [-0.4, -0.2) is 41.4 Å². The number of nitrogens with one attached hydrogen (secondary N) is 2. The summed E-state index contributed by atoms with van der Waals surface area (Å²) in [6.07, 6.45) is 2.54. The summed E-state index contributed by atoms with van der Waals surface area (Å²) < 4.78 is 5.11. The SMILES string of the molecule is COc1ccc2nccc(NC(=O)[C@@H]3CCC(=O)CN3)c2n1. The van der Waals surface area contributed by atoms with Crippen LogP contribution in [0.5, 0.6) is 5.88 Å². The third-order valence-corrected chi connectivity index (χ3v) is 3.60. The molecule has 2 N–H and O–H groups in total. The van der Waals surface area contributed by atoms with Crippen LogP contribution < -0.4 is 15.4 Å². The summed E-state index contributed by atoms with van der Waals surface area (Å²) in [5, 5.41) is 5.79. The van der Waals surface area contributed by atoms with E-state index in [2.05, 4.69) is 20.6 Å². The van der Waals surface area contributed by atoms with Crippen molar-refractivity contribution in [3.05, 3.63) is 24.4 Å². The van der Waals surface area contributed by atoms with Gasteiger partial charge in [-0.05, 0) is 18.6 Å². The van der Waals surface area contributed by atoms with Gasteiger partial charge in [-0.3, -0.25) is 19.9 Å². The van der Waals surface area contributed by atoms with Gasteiger partial charge in [0, 0.05) is 18.7 Å². The Labute approximate surface area is 127 Å². The zero-order valence-corrected chi connectivity index (χ0v) is 12.1. The number of hydrogen-bond donors (Lipinski definition) is 2. The largest absolute Gasteiger partial charge is 0.481 e. The average Bonchev–Trinajstić information content (AvgIpc) is 2.55. The van der Waals surface area contributed by atoms with Crippen LogP contribution >= 0.6 is 0 Å². The molecule has 7 heteroatoms. The molecule has 0 aromatic carbocycles.